The Bertz CT molecular complexity index is 987. The van der Waals surface area contributed by atoms with Crippen LogP contribution in [-0.4, -0.2) is 16.8 Å². The molecule has 1 aliphatic heterocycles. The predicted molar refractivity (Wildman–Crippen MR) is 105 cm³/mol. The summed E-state index contributed by atoms with van der Waals surface area (Å²) in [5, 5.41) is 5.81. The first kappa shape index (κ1) is 17.7. The van der Waals surface area contributed by atoms with E-state index in [4.69, 9.17) is 4.74 Å². The van der Waals surface area contributed by atoms with Crippen LogP contribution in [-0.2, 0) is 4.79 Å². The summed E-state index contributed by atoms with van der Waals surface area (Å²) in [6.45, 7) is 0. The minimum atomic E-state index is -0.205. The molecule has 140 valence electrons. The number of aromatic nitrogens is 1. The molecule has 0 aliphatic carbocycles. The average Bonchev–Trinajstić information content (AvgIpc) is 3.15. The van der Waals surface area contributed by atoms with Gasteiger partial charge in [0.25, 0.3) is 5.91 Å². The van der Waals surface area contributed by atoms with Gasteiger partial charge in [-0.3, -0.25) is 14.6 Å². The quantitative estimate of drug-likeness (QED) is 0.706. The summed E-state index contributed by atoms with van der Waals surface area (Å²) in [6, 6.07) is 18.1. The molecule has 1 saturated heterocycles. The summed E-state index contributed by atoms with van der Waals surface area (Å²) >= 11 is 0. The van der Waals surface area contributed by atoms with Gasteiger partial charge in [-0.15, -0.1) is 0 Å². The molecule has 6 nitrogen and oxygen atoms in total. The lowest BCUT2D eigenvalue weighted by Gasteiger charge is -2.12. The van der Waals surface area contributed by atoms with Crippen molar-refractivity contribution in [2.75, 3.05) is 5.32 Å². The number of rotatable bonds is 5. The zero-order chi connectivity index (χ0) is 19.3. The van der Waals surface area contributed by atoms with Gasteiger partial charge in [0.2, 0.25) is 5.91 Å². The van der Waals surface area contributed by atoms with Crippen molar-refractivity contribution in [3.05, 3.63) is 84.2 Å². The molecule has 2 N–H and O–H groups in total. The van der Waals surface area contributed by atoms with E-state index < -0.39 is 0 Å². The van der Waals surface area contributed by atoms with E-state index in [2.05, 4.69) is 15.6 Å². The maximum atomic E-state index is 12.5. The second-order valence-electron chi connectivity index (χ2n) is 6.55. The number of benzene rings is 2. The molecular formula is C22H19N3O3. The first-order chi connectivity index (χ1) is 13.7. The number of nitrogens with one attached hydrogen (secondary N) is 2. The summed E-state index contributed by atoms with van der Waals surface area (Å²) in [4.78, 5) is 27.9. The van der Waals surface area contributed by atoms with E-state index in [9.17, 15) is 9.59 Å². The second-order valence-corrected chi connectivity index (χ2v) is 6.55. The summed E-state index contributed by atoms with van der Waals surface area (Å²) in [7, 11) is 0. The molecule has 0 radical (unpaired) electrons. The van der Waals surface area contributed by atoms with Crippen LogP contribution in [0.2, 0.25) is 0 Å². The molecule has 2 amide bonds. The fourth-order valence-electron chi connectivity index (χ4n) is 3.11. The highest BCUT2D eigenvalue weighted by Gasteiger charge is 2.22. The molecular weight excluding hydrogens is 354 g/mol. The molecule has 0 bridgehead atoms. The maximum Gasteiger partial charge on any atom is 0.255 e. The van der Waals surface area contributed by atoms with Crippen molar-refractivity contribution >= 4 is 17.5 Å². The number of hydrogen-bond acceptors (Lipinski definition) is 4. The molecule has 1 unspecified atom stereocenters. The molecule has 2 heterocycles. The SMILES string of the molecule is O=C1CCC(c2ccc(C(=O)Nc3cccc(Oc4ccncc4)c3)cc2)N1. The van der Waals surface area contributed by atoms with Crippen LogP contribution in [0.5, 0.6) is 11.5 Å². The number of pyridine rings is 1. The van der Waals surface area contributed by atoms with E-state index in [1.807, 2.05) is 24.3 Å². The fraction of sp³-hybridized carbons (Fsp3) is 0.136. The van der Waals surface area contributed by atoms with Gasteiger partial charge in [0, 0.05) is 36.1 Å². The minimum Gasteiger partial charge on any atom is -0.457 e. The number of amides is 2. The first-order valence-corrected chi connectivity index (χ1v) is 9.06. The number of anilines is 1. The normalized spacial score (nSPS) is 15.7. The Morgan fingerprint density at radius 2 is 1.82 bits per heavy atom. The van der Waals surface area contributed by atoms with Gasteiger partial charge in [-0.05, 0) is 48.4 Å². The van der Waals surface area contributed by atoms with Crippen LogP contribution in [0, 0.1) is 0 Å². The average molecular weight is 373 g/mol. The Hall–Kier alpha value is -3.67. The maximum absolute atomic E-state index is 12.5. The van der Waals surface area contributed by atoms with Crippen molar-refractivity contribution in [3.8, 4) is 11.5 Å². The number of carbonyl (C=O) groups is 2. The molecule has 1 aliphatic rings. The molecule has 4 rings (SSSR count). The summed E-state index contributed by atoms with van der Waals surface area (Å²) in [5.74, 6) is 1.16. The zero-order valence-corrected chi connectivity index (χ0v) is 15.1. The van der Waals surface area contributed by atoms with Crippen LogP contribution in [0.4, 0.5) is 5.69 Å². The van der Waals surface area contributed by atoms with Crippen LogP contribution in [0.25, 0.3) is 0 Å². The fourth-order valence-corrected chi connectivity index (χ4v) is 3.11. The van der Waals surface area contributed by atoms with Gasteiger partial charge in [-0.1, -0.05) is 18.2 Å². The van der Waals surface area contributed by atoms with E-state index in [0.717, 1.165) is 12.0 Å². The molecule has 0 saturated carbocycles. The third-order valence-corrected chi connectivity index (χ3v) is 4.55. The highest BCUT2D eigenvalue weighted by molar-refractivity contribution is 6.04. The lowest BCUT2D eigenvalue weighted by Crippen LogP contribution is -2.18. The number of ether oxygens (including phenoxy) is 1. The topological polar surface area (TPSA) is 80.3 Å². The van der Waals surface area contributed by atoms with E-state index in [-0.39, 0.29) is 17.9 Å². The zero-order valence-electron chi connectivity index (χ0n) is 15.1. The largest absolute Gasteiger partial charge is 0.457 e. The Labute approximate surface area is 162 Å². The molecule has 3 aromatic rings. The van der Waals surface area contributed by atoms with Gasteiger partial charge in [-0.25, -0.2) is 0 Å². The Morgan fingerprint density at radius 3 is 2.54 bits per heavy atom. The van der Waals surface area contributed by atoms with E-state index >= 15 is 0 Å². The highest BCUT2D eigenvalue weighted by Crippen LogP contribution is 2.25. The Morgan fingerprint density at radius 1 is 1.04 bits per heavy atom. The van der Waals surface area contributed by atoms with E-state index in [1.54, 1.807) is 48.8 Å². The summed E-state index contributed by atoms with van der Waals surface area (Å²) < 4.78 is 5.76. The van der Waals surface area contributed by atoms with Crippen LogP contribution >= 0.6 is 0 Å². The number of hydrogen-bond donors (Lipinski definition) is 2. The van der Waals surface area contributed by atoms with Gasteiger partial charge < -0.3 is 15.4 Å². The third kappa shape index (κ3) is 4.17. The van der Waals surface area contributed by atoms with Crippen LogP contribution < -0.4 is 15.4 Å². The van der Waals surface area contributed by atoms with Crippen molar-refractivity contribution in [1.82, 2.24) is 10.3 Å². The first-order valence-electron chi connectivity index (χ1n) is 9.06. The minimum absolute atomic E-state index is 0.0339. The monoisotopic (exact) mass is 373 g/mol. The number of nitrogens with zero attached hydrogens (tertiary/aromatic N) is 1. The van der Waals surface area contributed by atoms with Gasteiger partial charge in [0.1, 0.15) is 11.5 Å². The lowest BCUT2D eigenvalue weighted by molar-refractivity contribution is -0.119. The van der Waals surface area contributed by atoms with Gasteiger partial charge in [0.05, 0.1) is 6.04 Å². The summed E-state index contributed by atoms with van der Waals surface area (Å²) in [6.07, 6.45) is 4.64. The van der Waals surface area contributed by atoms with Crippen LogP contribution in [0.1, 0.15) is 34.8 Å². The molecule has 28 heavy (non-hydrogen) atoms. The van der Waals surface area contributed by atoms with Crippen molar-refractivity contribution in [1.29, 1.82) is 0 Å². The smallest absolute Gasteiger partial charge is 0.255 e. The molecule has 6 heteroatoms. The standard InChI is InChI=1S/C22H19N3O3/c26-21-9-8-20(25-21)15-4-6-16(7-5-15)22(27)24-17-2-1-3-19(14-17)28-18-10-12-23-13-11-18/h1-7,10-14,20H,8-9H2,(H,24,27)(H,25,26). The predicted octanol–water partition coefficient (Wildman–Crippen LogP) is 4.08. The Kier molecular flexibility index (Phi) is 5.01. The molecule has 1 atom stereocenters. The molecule has 0 spiro atoms. The molecule has 2 aromatic carbocycles. The van der Waals surface area contributed by atoms with E-state index in [0.29, 0.717) is 29.2 Å². The second kappa shape index (κ2) is 7.92. The molecule has 1 aromatic heterocycles. The number of carbonyl (C=O) groups excluding carboxylic acids is 2. The van der Waals surface area contributed by atoms with Gasteiger partial charge >= 0.3 is 0 Å². The van der Waals surface area contributed by atoms with Crippen molar-refractivity contribution < 1.29 is 14.3 Å². The van der Waals surface area contributed by atoms with Gasteiger partial charge in [0.15, 0.2) is 0 Å². The summed E-state index contributed by atoms with van der Waals surface area (Å²) in [5.41, 5.74) is 2.20. The van der Waals surface area contributed by atoms with Crippen molar-refractivity contribution in [3.63, 3.8) is 0 Å². The Balaban J connectivity index is 1.42. The molecule has 1 fully saturated rings. The third-order valence-electron chi connectivity index (χ3n) is 4.55. The van der Waals surface area contributed by atoms with Crippen LogP contribution in [0.15, 0.2) is 73.1 Å². The van der Waals surface area contributed by atoms with Crippen LogP contribution in [0.3, 0.4) is 0 Å². The highest BCUT2D eigenvalue weighted by atomic mass is 16.5. The van der Waals surface area contributed by atoms with E-state index in [1.165, 1.54) is 0 Å². The van der Waals surface area contributed by atoms with Crippen molar-refractivity contribution in [2.45, 2.75) is 18.9 Å². The van der Waals surface area contributed by atoms with Crippen molar-refractivity contribution in [2.24, 2.45) is 0 Å². The van der Waals surface area contributed by atoms with Gasteiger partial charge in [-0.2, -0.15) is 0 Å². The lowest BCUT2D eigenvalue weighted by atomic mass is 10.0.